The highest BCUT2D eigenvalue weighted by molar-refractivity contribution is 5.72. The Kier molecular flexibility index (Phi) is 14.4. The minimum atomic E-state index is -1.03. The molecule has 0 saturated heterocycles. The predicted octanol–water partition coefficient (Wildman–Crippen LogP) is 10.2. The number of alkyl halides is 1. The molecule has 1 atom stereocenters. The van der Waals surface area contributed by atoms with Crippen LogP contribution in [0.5, 0.6) is 5.75 Å². The van der Waals surface area contributed by atoms with Crippen LogP contribution in [0, 0.1) is 5.92 Å². The molecule has 216 valence electrons. The van der Waals surface area contributed by atoms with Gasteiger partial charge < -0.3 is 9.47 Å². The van der Waals surface area contributed by atoms with Crippen LogP contribution in [0.3, 0.4) is 0 Å². The second-order valence-electron chi connectivity index (χ2n) is 11.4. The van der Waals surface area contributed by atoms with Crippen molar-refractivity contribution in [2.75, 3.05) is 13.2 Å². The Morgan fingerprint density at radius 1 is 0.769 bits per heavy atom. The summed E-state index contributed by atoms with van der Waals surface area (Å²) >= 11 is 0. The Morgan fingerprint density at radius 2 is 1.33 bits per heavy atom. The normalized spacial score (nSPS) is 18.0. The van der Waals surface area contributed by atoms with Crippen LogP contribution in [0.1, 0.15) is 122 Å². The highest BCUT2D eigenvalue weighted by atomic mass is 19.1. The van der Waals surface area contributed by atoms with E-state index in [9.17, 15) is 9.18 Å². The Labute approximate surface area is 236 Å². The van der Waals surface area contributed by atoms with Crippen LogP contribution in [-0.4, -0.2) is 25.4 Å². The van der Waals surface area contributed by atoms with E-state index in [1.54, 1.807) is 0 Å². The van der Waals surface area contributed by atoms with Crippen molar-refractivity contribution in [1.29, 1.82) is 0 Å². The van der Waals surface area contributed by atoms with Crippen molar-refractivity contribution in [2.24, 2.45) is 5.92 Å². The highest BCUT2D eigenvalue weighted by Gasteiger charge is 2.28. The summed E-state index contributed by atoms with van der Waals surface area (Å²) in [4.78, 5) is 12.5. The number of rotatable bonds is 18. The summed E-state index contributed by atoms with van der Waals surface area (Å²) < 4.78 is 25.3. The van der Waals surface area contributed by atoms with Gasteiger partial charge in [0.25, 0.3) is 0 Å². The van der Waals surface area contributed by atoms with Gasteiger partial charge in [-0.3, -0.25) is 4.79 Å². The number of hydrogen-bond donors (Lipinski definition) is 0. The molecule has 0 aromatic heterocycles. The summed E-state index contributed by atoms with van der Waals surface area (Å²) in [6, 6.07) is 17.3. The van der Waals surface area contributed by atoms with E-state index in [1.807, 2.05) is 0 Å². The Bertz CT molecular complexity index is 916. The first-order valence-electron chi connectivity index (χ1n) is 15.7. The second kappa shape index (κ2) is 18.1. The lowest BCUT2D eigenvalue weighted by Gasteiger charge is -2.28. The molecular weight excluding hydrogens is 487 g/mol. The van der Waals surface area contributed by atoms with E-state index in [0.717, 1.165) is 70.1 Å². The van der Waals surface area contributed by atoms with Crippen LogP contribution in [0.25, 0.3) is 11.1 Å². The number of halogens is 1. The zero-order valence-electron chi connectivity index (χ0n) is 24.5. The van der Waals surface area contributed by atoms with Gasteiger partial charge in [0.2, 0.25) is 0 Å². The van der Waals surface area contributed by atoms with E-state index < -0.39 is 6.17 Å². The van der Waals surface area contributed by atoms with Gasteiger partial charge in [-0.05, 0) is 73.3 Å². The minimum absolute atomic E-state index is 0.0847. The summed E-state index contributed by atoms with van der Waals surface area (Å²) in [5.41, 5.74) is 3.73. The number of unbranched alkanes of at least 4 members (excludes halogenated alkanes) is 8. The lowest BCUT2D eigenvalue weighted by Crippen LogP contribution is -2.25. The first kappa shape index (κ1) is 31.2. The predicted molar refractivity (Wildman–Crippen MR) is 160 cm³/mol. The third-order valence-corrected chi connectivity index (χ3v) is 8.17. The Morgan fingerprint density at radius 3 is 1.97 bits per heavy atom. The first-order valence-corrected chi connectivity index (χ1v) is 15.7. The topological polar surface area (TPSA) is 35.5 Å². The fraction of sp³-hybridized carbons (Fsp3) is 0.629. The van der Waals surface area contributed by atoms with Gasteiger partial charge in [0, 0.05) is 0 Å². The monoisotopic (exact) mass is 538 g/mol. The zero-order chi connectivity index (χ0) is 27.7. The highest BCUT2D eigenvalue weighted by Crippen LogP contribution is 2.37. The number of ether oxygens (including phenoxy) is 2. The van der Waals surface area contributed by atoms with Crippen LogP contribution in [-0.2, 0) is 9.53 Å². The van der Waals surface area contributed by atoms with Crippen LogP contribution in [0.4, 0.5) is 4.39 Å². The quantitative estimate of drug-likeness (QED) is 0.140. The number of esters is 1. The maximum atomic E-state index is 14.0. The van der Waals surface area contributed by atoms with Crippen molar-refractivity contribution >= 4 is 5.97 Å². The van der Waals surface area contributed by atoms with E-state index in [1.165, 1.54) is 48.8 Å². The molecule has 2 aromatic carbocycles. The molecule has 0 radical (unpaired) electrons. The number of carbonyl (C=O) groups is 1. The van der Waals surface area contributed by atoms with Crippen molar-refractivity contribution in [3.63, 3.8) is 0 Å². The molecule has 0 bridgehead atoms. The fourth-order valence-electron chi connectivity index (χ4n) is 5.59. The van der Waals surface area contributed by atoms with E-state index in [2.05, 4.69) is 62.4 Å². The van der Waals surface area contributed by atoms with Gasteiger partial charge in [-0.2, -0.15) is 0 Å². The van der Waals surface area contributed by atoms with Gasteiger partial charge >= 0.3 is 5.97 Å². The molecule has 39 heavy (non-hydrogen) atoms. The largest absolute Gasteiger partial charge is 0.494 e. The van der Waals surface area contributed by atoms with Crippen molar-refractivity contribution in [2.45, 2.75) is 122 Å². The summed E-state index contributed by atoms with van der Waals surface area (Å²) in [5.74, 6) is 1.11. The second-order valence-corrected chi connectivity index (χ2v) is 11.4. The molecule has 1 aliphatic carbocycles. The molecule has 3 rings (SSSR count). The van der Waals surface area contributed by atoms with Crippen LogP contribution in [0.2, 0.25) is 0 Å². The van der Waals surface area contributed by atoms with E-state index in [0.29, 0.717) is 12.3 Å². The standard InChI is InChI=1S/C35H51FO3/c1-3-5-7-9-10-12-26-38-34-24-22-31(23-25-34)29-16-14-28(15-17-29)30-18-20-32(21-19-30)35(37)39-27-33(36)13-11-8-6-4-2/h14-17,22-25,30,32-33H,3-13,18-21,26-27H2,1-2H3/t30-,32-,33-/m0/s1. The molecule has 1 saturated carbocycles. The average Bonchev–Trinajstić information content (AvgIpc) is 2.98. The van der Waals surface area contributed by atoms with Gasteiger partial charge in [-0.1, -0.05) is 108 Å². The zero-order valence-corrected chi connectivity index (χ0v) is 24.5. The van der Waals surface area contributed by atoms with Gasteiger partial charge in [0.05, 0.1) is 12.5 Å². The van der Waals surface area contributed by atoms with E-state index >= 15 is 0 Å². The Balaban J connectivity index is 1.36. The lowest BCUT2D eigenvalue weighted by atomic mass is 9.78. The summed E-state index contributed by atoms with van der Waals surface area (Å²) in [6.07, 6.45) is 14.9. The maximum absolute atomic E-state index is 14.0. The number of hydrogen-bond acceptors (Lipinski definition) is 3. The summed E-state index contributed by atoms with van der Waals surface area (Å²) in [5, 5.41) is 0. The van der Waals surface area contributed by atoms with E-state index in [-0.39, 0.29) is 18.5 Å². The summed E-state index contributed by atoms with van der Waals surface area (Å²) in [6.45, 7) is 5.09. The molecule has 0 amide bonds. The van der Waals surface area contributed by atoms with Crippen LogP contribution in [0.15, 0.2) is 48.5 Å². The van der Waals surface area contributed by atoms with Crippen LogP contribution < -0.4 is 4.74 Å². The molecule has 2 aromatic rings. The number of benzene rings is 2. The Hall–Kier alpha value is -2.36. The van der Waals surface area contributed by atoms with Gasteiger partial charge in [0.15, 0.2) is 0 Å². The third kappa shape index (κ3) is 11.3. The summed E-state index contributed by atoms with van der Waals surface area (Å²) in [7, 11) is 0. The van der Waals surface area contributed by atoms with Gasteiger partial charge in [-0.25, -0.2) is 4.39 Å². The van der Waals surface area contributed by atoms with Crippen LogP contribution >= 0.6 is 0 Å². The number of carbonyl (C=O) groups excluding carboxylic acids is 1. The molecule has 0 unspecified atom stereocenters. The molecule has 3 nitrogen and oxygen atoms in total. The lowest BCUT2D eigenvalue weighted by molar-refractivity contribution is -0.151. The molecule has 0 heterocycles. The SMILES string of the molecule is CCCCCCCCOc1ccc(-c2ccc([C@H]3CC[C@H](C(=O)OC[C@@H](F)CCCCCC)CC3)cc2)cc1. The first-order chi connectivity index (χ1) is 19.1. The maximum Gasteiger partial charge on any atom is 0.309 e. The van der Waals surface area contributed by atoms with Gasteiger partial charge in [-0.15, -0.1) is 0 Å². The third-order valence-electron chi connectivity index (χ3n) is 8.17. The molecule has 0 spiro atoms. The molecular formula is C35H51FO3. The van der Waals surface area contributed by atoms with Gasteiger partial charge in [0.1, 0.15) is 18.5 Å². The smallest absolute Gasteiger partial charge is 0.309 e. The van der Waals surface area contributed by atoms with Crippen molar-refractivity contribution in [3.05, 3.63) is 54.1 Å². The van der Waals surface area contributed by atoms with Crippen molar-refractivity contribution in [3.8, 4) is 16.9 Å². The van der Waals surface area contributed by atoms with Crippen molar-refractivity contribution < 1.29 is 18.7 Å². The fourth-order valence-corrected chi connectivity index (χ4v) is 5.59. The molecule has 1 aliphatic rings. The molecule has 0 N–H and O–H groups in total. The van der Waals surface area contributed by atoms with E-state index in [4.69, 9.17) is 9.47 Å². The molecule has 0 aliphatic heterocycles. The average molecular weight is 539 g/mol. The minimum Gasteiger partial charge on any atom is -0.494 e. The molecule has 4 heteroatoms. The van der Waals surface area contributed by atoms with Crippen molar-refractivity contribution in [1.82, 2.24) is 0 Å². The molecule has 1 fully saturated rings.